The Kier molecular flexibility index (Phi) is 5.68. The molecule has 1 aromatic carbocycles. The maximum Gasteiger partial charge on any atom is 0.229 e. The summed E-state index contributed by atoms with van der Waals surface area (Å²) in [5.41, 5.74) is 3.10. The molecule has 5 heterocycles. The highest BCUT2D eigenvalue weighted by Gasteiger charge is 2.35. The van der Waals surface area contributed by atoms with E-state index in [0.29, 0.717) is 36.5 Å². The lowest BCUT2D eigenvalue weighted by molar-refractivity contribution is 0.119. The number of nitrogens with zero attached hydrogens (tertiary/aromatic N) is 5. The van der Waals surface area contributed by atoms with Crippen LogP contribution in [0.25, 0.3) is 22.3 Å². The van der Waals surface area contributed by atoms with Crippen molar-refractivity contribution in [3.05, 3.63) is 35.9 Å². The molecule has 3 aliphatic heterocycles. The van der Waals surface area contributed by atoms with Crippen molar-refractivity contribution in [1.29, 1.82) is 0 Å². The third-order valence-electron chi connectivity index (χ3n) is 6.93. The number of aliphatic hydroxyl groups is 1. The van der Waals surface area contributed by atoms with Crippen LogP contribution in [0.5, 0.6) is 5.75 Å². The highest BCUT2D eigenvalue weighted by atomic mass is 16.5. The normalized spacial score (nSPS) is 22.4. The van der Waals surface area contributed by atoms with Crippen molar-refractivity contribution in [2.24, 2.45) is 5.92 Å². The van der Waals surface area contributed by atoms with Crippen LogP contribution in [-0.4, -0.2) is 79.3 Å². The maximum absolute atomic E-state index is 9.75. The molecule has 34 heavy (non-hydrogen) atoms. The number of hydrogen-bond donors (Lipinski definition) is 1. The molecule has 9 nitrogen and oxygen atoms in total. The molecule has 9 heteroatoms. The largest absolute Gasteiger partial charge is 0.496 e. The lowest BCUT2D eigenvalue weighted by Crippen LogP contribution is -2.41. The fourth-order valence-electron chi connectivity index (χ4n) is 5.19. The summed E-state index contributed by atoms with van der Waals surface area (Å²) < 4.78 is 16.8. The number of ether oxygens (including phenoxy) is 3. The molecule has 3 aliphatic rings. The zero-order valence-electron chi connectivity index (χ0n) is 19.3. The van der Waals surface area contributed by atoms with E-state index in [1.165, 1.54) is 0 Å². The summed E-state index contributed by atoms with van der Waals surface area (Å²) in [7, 11) is 1.60. The van der Waals surface area contributed by atoms with Crippen LogP contribution in [0.15, 0.2) is 30.3 Å². The van der Waals surface area contributed by atoms with E-state index < -0.39 is 0 Å². The van der Waals surface area contributed by atoms with Gasteiger partial charge in [0.15, 0.2) is 5.65 Å². The Hall–Kier alpha value is -3.01. The fourth-order valence-corrected chi connectivity index (χ4v) is 5.19. The molecule has 0 aliphatic carbocycles. The Balaban J connectivity index is 1.44. The molecule has 3 saturated heterocycles. The number of aliphatic hydroxyl groups excluding tert-OH is 1. The number of benzene rings is 1. The molecule has 178 valence electrons. The number of rotatable bonds is 5. The first-order chi connectivity index (χ1) is 16.7. The van der Waals surface area contributed by atoms with Gasteiger partial charge in [0.2, 0.25) is 5.95 Å². The van der Waals surface area contributed by atoms with E-state index in [2.05, 4.69) is 15.9 Å². The molecule has 0 spiro atoms. The van der Waals surface area contributed by atoms with Crippen LogP contribution in [0.3, 0.4) is 0 Å². The summed E-state index contributed by atoms with van der Waals surface area (Å²) in [6.07, 6.45) is 1.37. The molecule has 3 aromatic rings. The summed E-state index contributed by atoms with van der Waals surface area (Å²) in [6.45, 7) is 5.38. The van der Waals surface area contributed by atoms with Gasteiger partial charge in [-0.3, -0.25) is 0 Å². The first-order valence-corrected chi connectivity index (χ1v) is 11.9. The van der Waals surface area contributed by atoms with Gasteiger partial charge in [-0.25, -0.2) is 4.98 Å². The van der Waals surface area contributed by atoms with Gasteiger partial charge < -0.3 is 29.1 Å². The van der Waals surface area contributed by atoms with Gasteiger partial charge in [-0.1, -0.05) is 0 Å². The molecule has 0 saturated carbocycles. The number of anilines is 2. The number of pyridine rings is 1. The zero-order valence-corrected chi connectivity index (χ0v) is 19.3. The molecule has 3 fully saturated rings. The van der Waals surface area contributed by atoms with Crippen LogP contribution < -0.4 is 14.5 Å². The monoisotopic (exact) mass is 463 g/mol. The van der Waals surface area contributed by atoms with E-state index in [9.17, 15) is 5.11 Å². The summed E-state index contributed by atoms with van der Waals surface area (Å²) in [4.78, 5) is 19.4. The van der Waals surface area contributed by atoms with Crippen molar-refractivity contribution in [2.75, 3.05) is 62.9 Å². The highest BCUT2D eigenvalue weighted by molar-refractivity contribution is 5.90. The van der Waals surface area contributed by atoms with Gasteiger partial charge in [-0.2, -0.15) is 9.97 Å². The Labute approximate surface area is 198 Å². The molecule has 2 atom stereocenters. The fraction of sp³-hybridized carbons (Fsp3) is 0.480. The second kappa shape index (κ2) is 8.98. The predicted octanol–water partition coefficient (Wildman–Crippen LogP) is 2.25. The topological polar surface area (TPSA) is 93.1 Å². The Morgan fingerprint density at radius 1 is 1.06 bits per heavy atom. The molecule has 1 N–H and O–H groups in total. The predicted molar refractivity (Wildman–Crippen MR) is 128 cm³/mol. The molecule has 2 bridgehead atoms. The maximum atomic E-state index is 9.75. The van der Waals surface area contributed by atoms with Crippen LogP contribution in [0.2, 0.25) is 0 Å². The van der Waals surface area contributed by atoms with Crippen molar-refractivity contribution in [3.63, 3.8) is 0 Å². The van der Waals surface area contributed by atoms with Crippen LogP contribution in [-0.2, 0) is 16.1 Å². The van der Waals surface area contributed by atoms with Crippen LogP contribution in [0, 0.1) is 5.92 Å². The van der Waals surface area contributed by atoms with Gasteiger partial charge in [0.1, 0.15) is 11.6 Å². The molecule has 6 rings (SSSR count). The van der Waals surface area contributed by atoms with Gasteiger partial charge in [-0.15, -0.1) is 0 Å². The van der Waals surface area contributed by atoms with Gasteiger partial charge in [0.25, 0.3) is 0 Å². The van der Waals surface area contributed by atoms with Crippen LogP contribution in [0.4, 0.5) is 11.8 Å². The van der Waals surface area contributed by atoms with Gasteiger partial charge >= 0.3 is 0 Å². The van der Waals surface area contributed by atoms with Gasteiger partial charge in [-0.05, 0) is 36.8 Å². The third kappa shape index (κ3) is 3.93. The quantitative estimate of drug-likeness (QED) is 0.611. The highest BCUT2D eigenvalue weighted by Crippen LogP contribution is 2.33. The Morgan fingerprint density at radius 3 is 2.74 bits per heavy atom. The van der Waals surface area contributed by atoms with E-state index in [0.717, 1.165) is 67.2 Å². The summed E-state index contributed by atoms with van der Waals surface area (Å²) in [6, 6.07) is 9.78. The lowest BCUT2D eigenvalue weighted by Gasteiger charge is -2.32. The Bertz CT molecular complexity index is 1190. The summed E-state index contributed by atoms with van der Waals surface area (Å²) in [5, 5.41) is 10.7. The van der Waals surface area contributed by atoms with Crippen molar-refractivity contribution in [1.82, 2.24) is 15.0 Å². The molecule has 0 amide bonds. The third-order valence-corrected chi connectivity index (χ3v) is 6.93. The summed E-state index contributed by atoms with van der Waals surface area (Å²) in [5.74, 6) is 2.81. The molecular weight excluding hydrogens is 434 g/mol. The number of morpholine rings is 1. The minimum Gasteiger partial charge on any atom is -0.496 e. The zero-order chi connectivity index (χ0) is 23.1. The molecule has 2 aromatic heterocycles. The molecule has 0 radical (unpaired) electrons. The second-order valence-electron chi connectivity index (χ2n) is 9.16. The first kappa shape index (κ1) is 21.5. The average molecular weight is 464 g/mol. The number of hydrogen-bond acceptors (Lipinski definition) is 9. The van der Waals surface area contributed by atoms with Crippen molar-refractivity contribution in [3.8, 4) is 17.0 Å². The van der Waals surface area contributed by atoms with E-state index >= 15 is 0 Å². The number of fused-ring (bicyclic) bond motifs is 3. The molecule has 2 unspecified atom stereocenters. The first-order valence-electron chi connectivity index (χ1n) is 11.9. The summed E-state index contributed by atoms with van der Waals surface area (Å²) >= 11 is 0. The van der Waals surface area contributed by atoms with Gasteiger partial charge in [0.05, 0.1) is 50.7 Å². The average Bonchev–Trinajstić information content (AvgIpc) is 3.24. The standard InChI is InChI=1S/C25H29N5O4/c1-32-22-5-2-17(11-18(22)14-31)21-4-3-20-23(26-21)27-25(28-24(20)29-6-8-33-9-7-29)30-12-16-10-19(13-30)34-15-16/h2-5,11,16,19,31H,6-10,12-15H2,1H3. The number of piperidine rings is 1. The van der Waals surface area contributed by atoms with E-state index in [-0.39, 0.29) is 12.7 Å². The van der Waals surface area contributed by atoms with Crippen LogP contribution in [0.1, 0.15) is 12.0 Å². The second-order valence-corrected chi connectivity index (χ2v) is 9.16. The van der Waals surface area contributed by atoms with Crippen LogP contribution >= 0.6 is 0 Å². The van der Waals surface area contributed by atoms with Crippen molar-refractivity contribution < 1.29 is 19.3 Å². The minimum atomic E-state index is -0.0997. The minimum absolute atomic E-state index is 0.0997. The lowest BCUT2D eigenvalue weighted by atomic mass is 10.0. The van der Waals surface area contributed by atoms with E-state index in [1.54, 1.807) is 7.11 Å². The van der Waals surface area contributed by atoms with E-state index in [4.69, 9.17) is 29.2 Å². The number of methoxy groups -OCH3 is 1. The van der Waals surface area contributed by atoms with Gasteiger partial charge in [0, 0.05) is 43.2 Å². The number of aromatic nitrogens is 3. The van der Waals surface area contributed by atoms with E-state index in [1.807, 2.05) is 24.3 Å². The Morgan fingerprint density at radius 2 is 1.94 bits per heavy atom. The molecular formula is C25H29N5O4. The SMILES string of the molecule is COc1ccc(-c2ccc3c(N4CCOCC4)nc(N4CC5COC(C5)C4)nc3n2)cc1CO. The van der Waals surface area contributed by atoms with Crippen molar-refractivity contribution >= 4 is 22.8 Å². The van der Waals surface area contributed by atoms with Crippen molar-refractivity contribution in [2.45, 2.75) is 19.1 Å². The smallest absolute Gasteiger partial charge is 0.229 e.